The van der Waals surface area contributed by atoms with Gasteiger partial charge in [-0.25, -0.2) is 4.79 Å². The van der Waals surface area contributed by atoms with Crippen LogP contribution in [0.15, 0.2) is 22.7 Å². The minimum Gasteiger partial charge on any atom is -0.484 e. The first-order valence-electron chi connectivity index (χ1n) is 7.17. The highest BCUT2D eigenvalue weighted by atomic mass is 79.9. The third-order valence-corrected chi connectivity index (χ3v) is 4.80. The Labute approximate surface area is 136 Å². The van der Waals surface area contributed by atoms with Crippen LogP contribution >= 0.6 is 15.9 Å². The molecule has 0 aromatic heterocycles. The van der Waals surface area contributed by atoms with Gasteiger partial charge in [0.2, 0.25) is 0 Å². The normalized spacial score (nSPS) is 30.5. The number of benzene rings is 1. The number of halogens is 1. The lowest BCUT2D eigenvalue weighted by atomic mass is 9.74. The summed E-state index contributed by atoms with van der Waals surface area (Å²) in [5.74, 6) is 0.586. The lowest BCUT2D eigenvalue weighted by Gasteiger charge is -2.49. The van der Waals surface area contributed by atoms with E-state index in [0.29, 0.717) is 30.9 Å². The summed E-state index contributed by atoms with van der Waals surface area (Å²) in [4.78, 5) is 11.3. The zero-order valence-electron chi connectivity index (χ0n) is 12.0. The summed E-state index contributed by atoms with van der Waals surface area (Å²) >= 11 is 3.39. The van der Waals surface area contributed by atoms with Gasteiger partial charge in [0.15, 0.2) is 0 Å². The third kappa shape index (κ3) is 2.68. The van der Waals surface area contributed by atoms with Crippen LogP contribution < -0.4 is 10.1 Å². The van der Waals surface area contributed by atoms with Crippen molar-refractivity contribution in [3.05, 3.63) is 28.2 Å². The van der Waals surface area contributed by atoms with E-state index in [1.165, 1.54) is 0 Å². The maximum atomic E-state index is 11.3. The van der Waals surface area contributed by atoms with Crippen molar-refractivity contribution in [3.63, 3.8) is 0 Å². The minimum absolute atomic E-state index is 0.339. The van der Waals surface area contributed by atoms with Crippen molar-refractivity contribution >= 4 is 22.0 Å². The second-order valence-electron chi connectivity index (χ2n) is 5.93. The first-order chi connectivity index (χ1) is 10.5. The standard InChI is InChI=1S/C15H18BrNO5/c16-10-2-3-12-11(6-10)15(8-18,17-13(19)20)7-14(22-12)4-1-5-21-9-14/h2-3,6,17-18H,1,4-5,7-9H2,(H,19,20). The molecule has 1 amide bonds. The molecule has 1 saturated heterocycles. The Hall–Kier alpha value is -1.31. The van der Waals surface area contributed by atoms with Gasteiger partial charge in [-0.1, -0.05) is 15.9 Å². The van der Waals surface area contributed by atoms with Crippen LogP contribution in [-0.2, 0) is 10.3 Å². The van der Waals surface area contributed by atoms with E-state index >= 15 is 0 Å². The highest BCUT2D eigenvalue weighted by Gasteiger charge is 2.51. The number of aliphatic hydroxyl groups excluding tert-OH is 1. The lowest BCUT2D eigenvalue weighted by Crippen LogP contribution is -2.60. The van der Waals surface area contributed by atoms with Gasteiger partial charge in [0, 0.05) is 23.1 Å². The van der Waals surface area contributed by atoms with Gasteiger partial charge in [0.1, 0.15) is 11.4 Å². The predicted molar refractivity (Wildman–Crippen MR) is 82.1 cm³/mol. The molecule has 120 valence electrons. The van der Waals surface area contributed by atoms with Gasteiger partial charge in [-0.15, -0.1) is 0 Å². The number of nitrogens with one attached hydrogen (secondary N) is 1. The van der Waals surface area contributed by atoms with E-state index in [2.05, 4.69) is 21.2 Å². The van der Waals surface area contributed by atoms with Crippen LogP contribution in [0.1, 0.15) is 24.8 Å². The van der Waals surface area contributed by atoms with Crippen molar-refractivity contribution in [1.82, 2.24) is 5.32 Å². The Morgan fingerprint density at radius 1 is 1.45 bits per heavy atom. The molecule has 3 rings (SSSR count). The van der Waals surface area contributed by atoms with Crippen LogP contribution in [0.3, 0.4) is 0 Å². The molecular formula is C15H18BrNO5. The Morgan fingerprint density at radius 2 is 2.27 bits per heavy atom. The SMILES string of the molecule is O=C(O)NC1(CO)CC2(CCCOC2)Oc2ccc(Br)cc21. The van der Waals surface area contributed by atoms with Gasteiger partial charge >= 0.3 is 6.09 Å². The van der Waals surface area contributed by atoms with Crippen LogP contribution in [0, 0.1) is 0 Å². The van der Waals surface area contributed by atoms with Gasteiger partial charge in [-0.05, 0) is 31.0 Å². The van der Waals surface area contributed by atoms with Gasteiger partial charge in [0.05, 0.1) is 18.8 Å². The summed E-state index contributed by atoms with van der Waals surface area (Å²) < 4.78 is 12.5. The summed E-state index contributed by atoms with van der Waals surface area (Å²) in [5, 5.41) is 21.8. The van der Waals surface area contributed by atoms with Crippen molar-refractivity contribution in [3.8, 4) is 5.75 Å². The fraction of sp³-hybridized carbons (Fsp3) is 0.533. The fourth-order valence-electron chi connectivity index (χ4n) is 3.42. The molecule has 1 fully saturated rings. The van der Waals surface area contributed by atoms with Gasteiger partial charge in [-0.2, -0.15) is 0 Å². The number of hydrogen-bond donors (Lipinski definition) is 3. The van der Waals surface area contributed by atoms with E-state index in [1.54, 1.807) is 12.1 Å². The maximum absolute atomic E-state index is 11.3. The molecule has 0 radical (unpaired) electrons. The Kier molecular flexibility index (Phi) is 4.05. The number of ether oxygens (including phenoxy) is 2. The van der Waals surface area contributed by atoms with Gasteiger partial charge < -0.3 is 25.0 Å². The predicted octanol–water partition coefficient (Wildman–Crippen LogP) is 2.24. The summed E-state index contributed by atoms with van der Waals surface area (Å²) in [7, 11) is 0. The van der Waals surface area contributed by atoms with Crippen LogP contribution in [0.4, 0.5) is 4.79 Å². The molecule has 2 unspecified atom stereocenters. The number of aliphatic hydroxyl groups is 1. The number of rotatable bonds is 2. The third-order valence-electron chi connectivity index (χ3n) is 4.31. The second kappa shape index (κ2) is 5.72. The summed E-state index contributed by atoms with van der Waals surface area (Å²) in [5.41, 5.74) is -1.06. The van der Waals surface area contributed by atoms with Gasteiger partial charge in [-0.3, -0.25) is 0 Å². The molecule has 22 heavy (non-hydrogen) atoms. The van der Waals surface area contributed by atoms with E-state index in [-0.39, 0.29) is 6.61 Å². The molecule has 2 aliphatic rings. The number of carbonyl (C=O) groups is 1. The smallest absolute Gasteiger partial charge is 0.405 e. The second-order valence-corrected chi connectivity index (χ2v) is 6.84. The largest absolute Gasteiger partial charge is 0.484 e. The van der Waals surface area contributed by atoms with Crippen LogP contribution in [0.5, 0.6) is 5.75 Å². The first-order valence-corrected chi connectivity index (χ1v) is 7.97. The molecule has 2 heterocycles. The molecule has 1 aromatic rings. The summed E-state index contributed by atoms with van der Waals surface area (Å²) in [6, 6.07) is 5.42. The van der Waals surface area contributed by atoms with E-state index < -0.39 is 17.2 Å². The number of carboxylic acid groups (broad SMARTS) is 1. The van der Waals surface area contributed by atoms with Crippen molar-refractivity contribution in [2.24, 2.45) is 0 Å². The van der Waals surface area contributed by atoms with Crippen molar-refractivity contribution in [1.29, 1.82) is 0 Å². The average molecular weight is 372 g/mol. The van der Waals surface area contributed by atoms with Crippen molar-refractivity contribution in [2.45, 2.75) is 30.4 Å². The summed E-state index contributed by atoms with van der Waals surface area (Å²) in [6.07, 6.45) is 0.784. The van der Waals surface area contributed by atoms with E-state index in [9.17, 15) is 15.0 Å². The van der Waals surface area contributed by atoms with E-state index in [1.807, 2.05) is 6.07 Å². The molecule has 0 aliphatic carbocycles. The zero-order chi connectivity index (χ0) is 15.8. The Morgan fingerprint density at radius 3 is 2.91 bits per heavy atom. The number of hydrogen-bond acceptors (Lipinski definition) is 4. The molecule has 3 N–H and O–H groups in total. The quantitative estimate of drug-likeness (QED) is 0.741. The minimum atomic E-state index is -1.17. The molecule has 0 bridgehead atoms. The Bertz CT molecular complexity index is 587. The van der Waals surface area contributed by atoms with Crippen LogP contribution in [0.2, 0.25) is 0 Å². The monoisotopic (exact) mass is 371 g/mol. The highest BCUT2D eigenvalue weighted by Crippen LogP contribution is 2.47. The molecule has 2 aliphatic heterocycles. The summed E-state index contributed by atoms with van der Waals surface area (Å²) in [6.45, 7) is 0.732. The van der Waals surface area contributed by atoms with Gasteiger partial charge in [0.25, 0.3) is 0 Å². The molecular weight excluding hydrogens is 354 g/mol. The maximum Gasteiger partial charge on any atom is 0.405 e. The highest BCUT2D eigenvalue weighted by molar-refractivity contribution is 9.10. The molecule has 7 heteroatoms. The average Bonchev–Trinajstić information content (AvgIpc) is 2.48. The van der Waals surface area contributed by atoms with Crippen LogP contribution in [0.25, 0.3) is 0 Å². The Balaban J connectivity index is 2.09. The molecule has 0 saturated carbocycles. The molecule has 1 spiro atoms. The fourth-order valence-corrected chi connectivity index (χ4v) is 3.78. The molecule has 6 nitrogen and oxygen atoms in total. The van der Waals surface area contributed by atoms with Crippen LogP contribution in [-0.4, -0.2) is 41.7 Å². The zero-order valence-corrected chi connectivity index (χ0v) is 13.6. The first kappa shape index (κ1) is 15.6. The van der Waals surface area contributed by atoms with Crippen molar-refractivity contribution < 1.29 is 24.5 Å². The van der Waals surface area contributed by atoms with E-state index in [4.69, 9.17) is 9.47 Å². The number of amides is 1. The lowest BCUT2D eigenvalue weighted by molar-refractivity contribution is -0.103. The van der Waals surface area contributed by atoms with E-state index in [0.717, 1.165) is 17.3 Å². The number of fused-ring (bicyclic) bond motifs is 1. The van der Waals surface area contributed by atoms with Crippen molar-refractivity contribution in [2.75, 3.05) is 19.8 Å². The molecule has 1 aromatic carbocycles. The molecule has 2 atom stereocenters. The topological polar surface area (TPSA) is 88.0 Å².